The van der Waals surface area contributed by atoms with Gasteiger partial charge in [0, 0.05) is 0 Å². The summed E-state index contributed by atoms with van der Waals surface area (Å²) in [6.07, 6.45) is 0. The predicted molar refractivity (Wildman–Crippen MR) is 36.8 cm³/mol. The third-order valence-corrected chi connectivity index (χ3v) is 0. The fourth-order valence-corrected chi connectivity index (χ4v) is 0. The van der Waals surface area contributed by atoms with E-state index in [0.29, 0.717) is 0 Å². The van der Waals surface area contributed by atoms with Gasteiger partial charge in [-0.25, -0.2) is 0 Å². The second-order valence-corrected chi connectivity index (χ2v) is 3.14. The largest absolute Gasteiger partial charge is 0.668 e. The molecule has 0 aromatic rings. The molecule has 0 heterocycles. The molecule has 0 saturated carbocycles. The van der Waals surface area contributed by atoms with Gasteiger partial charge in [-0.15, -0.1) is 0 Å². The molecule has 12 heteroatoms. The van der Waals surface area contributed by atoms with Crippen LogP contribution in [0, 0.1) is 0 Å². The lowest BCUT2D eigenvalue weighted by Gasteiger charge is -1.91. The van der Waals surface area contributed by atoms with E-state index in [1.807, 2.05) is 0 Å². The lowest BCUT2D eigenvalue weighted by molar-refractivity contribution is 0.117. The molecule has 0 aromatic carbocycles. The summed E-state index contributed by atoms with van der Waals surface area (Å²) in [5.74, 6) is 0. The van der Waals surface area contributed by atoms with Crippen LogP contribution in [0.15, 0.2) is 0 Å². The maximum absolute atomic E-state index is 8.74. The monoisotopic (exact) mass is 238 g/mol. The Morgan fingerprint density at radius 3 is 0.917 bits per heavy atom. The van der Waals surface area contributed by atoms with Crippen LogP contribution in [0.4, 0.5) is 0 Å². The molecular weight excluding hydrogens is 231 g/mol. The third-order valence-electron chi connectivity index (χ3n) is 0. The molecule has 0 aliphatic heterocycles. The van der Waals surface area contributed by atoms with Crippen molar-refractivity contribution in [3.8, 4) is 0 Å². The fraction of sp³-hybridized carbons (Fsp3) is 0. The highest BCUT2D eigenvalue weighted by Gasteiger charge is 2.22. The summed E-state index contributed by atoms with van der Waals surface area (Å²) in [5, 5.41) is 0. The standard InChI is InChI=1S/Al.H2O4S.H4O4Si.H2O/c;2*1-5(2,3)4;/h;(H2,1,2,3,4);1-4H;1H2/q+1;;;/p-1. The van der Waals surface area contributed by atoms with Crippen molar-refractivity contribution in [3.05, 3.63) is 0 Å². The van der Waals surface area contributed by atoms with Gasteiger partial charge in [-0.3, -0.25) is 9.11 Å². The van der Waals surface area contributed by atoms with E-state index in [0.717, 1.165) is 0 Å². The number of hydrogen-bond donors (Lipinski definition) is 7. The fourth-order valence-electron chi connectivity index (χ4n) is 0. The van der Waals surface area contributed by atoms with Crippen LogP contribution in [-0.4, -0.2) is 66.5 Å². The van der Waals surface area contributed by atoms with E-state index < -0.39 is 19.4 Å². The van der Waals surface area contributed by atoms with Crippen LogP contribution in [0.5, 0.6) is 0 Å². The van der Waals surface area contributed by atoms with Crippen molar-refractivity contribution in [2.75, 3.05) is 0 Å². The molecule has 2 radical (unpaired) electrons. The van der Waals surface area contributed by atoms with Crippen molar-refractivity contribution >= 4 is 36.1 Å². The van der Waals surface area contributed by atoms with Gasteiger partial charge in [0.25, 0.3) is 0 Å². The molecule has 0 bridgehead atoms. The minimum absolute atomic E-state index is 1.42. The normalized spacial score (nSPS) is 10.2. The van der Waals surface area contributed by atoms with E-state index in [1.165, 1.54) is 16.6 Å². The SMILES string of the molecule is O=S(=O)(O)O.O[Si](O)(O)O.[OH][Al]. The lowest BCUT2D eigenvalue weighted by Crippen LogP contribution is -2.33. The highest BCUT2D eigenvalue weighted by Crippen LogP contribution is 1.67. The maximum Gasteiger partial charge on any atom is 0.668 e. The smallest absolute Gasteiger partial charge is 0.529 e. The summed E-state index contributed by atoms with van der Waals surface area (Å²) in [5.41, 5.74) is 0. The van der Waals surface area contributed by atoms with E-state index in [2.05, 4.69) is 0 Å². The Morgan fingerprint density at radius 1 is 0.917 bits per heavy atom. The van der Waals surface area contributed by atoms with Crippen molar-refractivity contribution in [3.63, 3.8) is 0 Å². The van der Waals surface area contributed by atoms with Gasteiger partial charge in [0.1, 0.15) is 0 Å². The van der Waals surface area contributed by atoms with Gasteiger partial charge in [0.15, 0.2) is 0 Å². The Morgan fingerprint density at radius 2 is 0.917 bits per heavy atom. The first-order valence-electron chi connectivity index (χ1n) is 1.85. The molecule has 0 aliphatic rings. The van der Waals surface area contributed by atoms with Gasteiger partial charge in [-0.05, 0) is 0 Å². The Bertz CT molecular complexity index is 149. The molecule has 74 valence electrons. The molecule has 0 unspecified atom stereocenters. The van der Waals surface area contributed by atoms with E-state index in [9.17, 15) is 0 Å². The van der Waals surface area contributed by atoms with Gasteiger partial charge < -0.3 is 23.3 Å². The van der Waals surface area contributed by atoms with Crippen LogP contribution in [0.1, 0.15) is 0 Å². The van der Waals surface area contributed by atoms with Gasteiger partial charge >= 0.3 is 36.1 Å². The van der Waals surface area contributed by atoms with Crippen molar-refractivity contribution in [2.45, 2.75) is 0 Å². The van der Waals surface area contributed by atoms with Crippen LogP contribution in [0.3, 0.4) is 0 Å². The van der Waals surface area contributed by atoms with Gasteiger partial charge in [-0.1, -0.05) is 0 Å². The van der Waals surface area contributed by atoms with Gasteiger partial charge in [0.2, 0.25) is 0 Å². The molecule has 0 amide bonds. The van der Waals surface area contributed by atoms with Crippen LogP contribution < -0.4 is 0 Å². The van der Waals surface area contributed by atoms with Gasteiger partial charge in [-0.2, -0.15) is 8.42 Å². The quantitative estimate of drug-likeness (QED) is 0.163. The summed E-state index contributed by atoms with van der Waals surface area (Å²) < 4.78 is 38.5. The minimum Gasteiger partial charge on any atom is -0.529 e. The number of rotatable bonds is 0. The van der Waals surface area contributed by atoms with Crippen molar-refractivity contribution in [1.29, 1.82) is 0 Å². The molecule has 12 heavy (non-hydrogen) atoms. The van der Waals surface area contributed by atoms with Crippen LogP contribution in [0.2, 0.25) is 0 Å². The first-order valence-corrected chi connectivity index (χ1v) is 5.55. The molecule has 9 nitrogen and oxygen atoms in total. The minimum atomic E-state index is -4.67. The molecule has 0 spiro atoms. The summed E-state index contributed by atoms with van der Waals surface area (Å²) in [4.78, 5) is 29.3. The van der Waals surface area contributed by atoms with Crippen LogP contribution >= 0.6 is 0 Å². The summed E-state index contributed by atoms with van der Waals surface area (Å²) >= 11 is 1.42. The maximum atomic E-state index is 8.74. The topological polar surface area (TPSA) is 176 Å². The molecule has 7 N–H and O–H groups in total. The van der Waals surface area contributed by atoms with E-state index in [-0.39, 0.29) is 0 Å². The Kier molecular flexibility index (Phi) is 12.2. The second-order valence-electron chi connectivity index (χ2n) is 1.05. The second kappa shape index (κ2) is 8.04. The van der Waals surface area contributed by atoms with Crippen molar-refractivity contribution < 1.29 is 40.9 Å². The summed E-state index contributed by atoms with van der Waals surface area (Å²) in [6.45, 7) is 0. The van der Waals surface area contributed by atoms with Gasteiger partial charge in [0.05, 0.1) is 0 Å². The first kappa shape index (κ1) is 18.3. The average Bonchev–Trinajstić information content (AvgIpc) is 1.59. The molecular formula is H7AlO9SSi. The van der Waals surface area contributed by atoms with Crippen molar-refractivity contribution in [2.24, 2.45) is 0 Å². The molecule has 0 fully saturated rings. The van der Waals surface area contributed by atoms with Crippen LogP contribution in [0.25, 0.3) is 0 Å². The summed E-state index contributed by atoms with van der Waals surface area (Å²) in [6, 6.07) is 0. The molecule has 0 atom stereocenters. The van der Waals surface area contributed by atoms with E-state index in [1.54, 1.807) is 0 Å². The zero-order valence-electron chi connectivity index (χ0n) is 5.43. The van der Waals surface area contributed by atoms with E-state index in [4.69, 9.17) is 40.9 Å². The molecule has 0 aromatic heterocycles. The first-order chi connectivity index (χ1) is 5.00. The summed E-state index contributed by atoms with van der Waals surface area (Å²) in [7, 11) is -9.28. The number of hydrogen-bond acceptors (Lipinski definition) is 7. The third kappa shape index (κ3) is 5260. The lowest BCUT2D eigenvalue weighted by atomic mass is 15.7. The predicted octanol–water partition coefficient (Wildman–Crippen LogP) is -4.20. The zero-order valence-corrected chi connectivity index (χ0v) is 8.40. The Balaban J connectivity index is -0.000000112. The Labute approximate surface area is 77.4 Å². The average molecular weight is 238 g/mol. The molecule has 0 aliphatic carbocycles. The Hall–Kier alpha value is 0.419. The van der Waals surface area contributed by atoms with Crippen molar-refractivity contribution in [1.82, 2.24) is 0 Å². The highest BCUT2D eigenvalue weighted by molar-refractivity contribution is 7.79. The van der Waals surface area contributed by atoms with E-state index >= 15 is 0 Å². The van der Waals surface area contributed by atoms with Crippen LogP contribution in [-0.2, 0) is 10.4 Å². The molecule has 0 saturated heterocycles. The molecule has 0 rings (SSSR count). The zero-order chi connectivity index (χ0) is 11.0. The highest BCUT2D eigenvalue weighted by atomic mass is 32.3.